The van der Waals surface area contributed by atoms with Crippen LogP contribution >= 0.6 is 11.6 Å². The maximum atomic E-state index is 13.2. The zero-order valence-electron chi connectivity index (χ0n) is 20.6. The molecule has 0 radical (unpaired) electrons. The van der Waals surface area contributed by atoms with E-state index >= 15 is 0 Å². The molecular weight excluding hydrogens is 483 g/mol. The van der Waals surface area contributed by atoms with Crippen molar-refractivity contribution in [1.29, 1.82) is 0 Å². The SMILES string of the molecule is C[C@@H]1C[C@H]2[C@@H]3C=C(Cl)C4=CC(=O)C=C[C@]4(C)[C@H]3[C@@H](O)C[C@]2(C)[C@H]1C(=O)COC(=O)CCC(=O)[O-].[Na+]. The van der Waals surface area contributed by atoms with Gasteiger partial charge in [0.15, 0.2) is 11.6 Å². The second kappa shape index (κ2) is 10.3. The van der Waals surface area contributed by atoms with Crippen molar-refractivity contribution in [1.82, 2.24) is 0 Å². The number of carbonyl (C=O) groups is 4. The standard InChI is InChI=1S/C26H31ClO7.Na/c1-13-8-16-15-10-18(27)17-9-14(28)6-7-25(17,2)24(15)19(29)11-26(16,3)23(13)20(30)12-34-22(33)5-4-21(31)32;/h6-7,9-10,13,15-16,19,23-24,29H,4-5,8,11-12H2,1-3H3,(H,31,32);/q;+1/p-1/t13-,15+,16+,19+,23-,24-,25+,26+;/m1./s1. The molecule has 0 aliphatic heterocycles. The van der Waals surface area contributed by atoms with Crippen molar-refractivity contribution >= 4 is 35.1 Å². The van der Waals surface area contributed by atoms with Gasteiger partial charge in [-0.1, -0.05) is 44.5 Å². The minimum Gasteiger partial charge on any atom is -0.550 e. The molecule has 7 nitrogen and oxygen atoms in total. The number of ether oxygens (including phenoxy) is 1. The molecule has 0 aromatic heterocycles. The van der Waals surface area contributed by atoms with Crippen LogP contribution in [0.2, 0.25) is 0 Å². The number of hydrogen-bond donors (Lipinski definition) is 1. The number of ketones is 2. The van der Waals surface area contributed by atoms with Gasteiger partial charge in [-0.25, -0.2) is 0 Å². The molecule has 9 heteroatoms. The van der Waals surface area contributed by atoms with Crippen LogP contribution in [-0.4, -0.2) is 41.3 Å². The van der Waals surface area contributed by atoms with Crippen LogP contribution in [0.3, 0.4) is 0 Å². The first-order valence-electron chi connectivity index (χ1n) is 11.8. The van der Waals surface area contributed by atoms with Gasteiger partial charge < -0.3 is 19.7 Å². The first-order valence-corrected chi connectivity index (χ1v) is 12.2. The Kier molecular flexibility index (Phi) is 8.30. The van der Waals surface area contributed by atoms with Crippen LogP contribution in [0.25, 0.3) is 0 Å². The average Bonchev–Trinajstić information content (AvgIpc) is 3.01. The number of allylic oxidation sites excluding steroid dienone is 6. The van der Waals surface area contributed by atoms with E-state index in [9.17, 15) is 29.4 Å². The summed E-state index contributed by atoms with van der Waals surface area (Å²) in [6.07, 6.45) is 6.56. The number of carboxylic acids is 1. The van der Waals surface area contributed by atoms with Crippen molar-refractivity contribution in [3.8, 4) is 0 Å². The molecule has 0 bridgehead atoms. The summed E-state index contributed by atoms with van der Waals surface area (Å²) >= 11 is 6.67. The van der Waals surface area contributed by atoms with E-state index < -0.39 is 47.8 Å². The fourth-order valence-corrected chi connectivity index (χ4v) is 7.84. The number of aliphatic carboxylic acids is 1. The van der Waals surface area contributed by atoms with Crippen molar-refractivity contribution in [2.24, 2.45) is 40.4 Å². The van der Waals surface area contributed by atoms with E-state index in [1.54, 1.807) is 6.08 Å². The number of halogens is 1. The average molecular weight is 513 g/mol. The van der Waals surface area contributed by atoms with Crippen LogP contribution in [0.5, 0.6) is 0 Å². The first-order chi connectivity index (χ1) is 15.9. The molecule has 4 aliphatic carbocycles. The Morgan fingerprint density at radius 1 is 1.26 bits per heavy atom. The fraction of sp³-hybridized carbons (Fsp3) is 0.615. The third-order valence-electron chi connectivity index (χ3n) is 8.70. The number of rotatable bonds is 6. The smallest absolute Gasteiger partial charge is 0.550 e. The Balaban J connectivity index is 0.00000342. The molecule has 0 aromatic carbocycles. The van der Waals surface area contributed by atoms with Crippen LogP contribution in [0.15, 0.2) is 34.9 Å². The Labute approximate surface area is 232 Å². The number of carbonyl (C=O) groups excluding carboxylic acids is 4. The van der Waals surface area contributed by atoms with Crippen molar-refractivity contribution in [2.75, 3.05) is 6.61 Å². The summed E-state index contributed by atoms with van der Waals surface area (Å²) in [4.78, 5) is 47.6. The summed E-state index contributed by atoms with van der Waals surface area (Å²) in [6, 6.07) is 0. The van der Waals surface area contributed by atoms with Crippen LogP contribution in [0.4, 0.5) is 0 Å². The molecule has 0 aromatic rings. The van der Waals surface area contributed by atoms with Crippen LogP contribution in [-0.2, 0) is 23.9 Å². The Bertz CT molecular complexity index is 1030. The minimum absolute atomic E-state index is 0. The molecule has 0 amide bonds. The zero-order valence-corrected chi connectivity index (χ0v) is 23.3. The molecule has 0 saturated heterocycles. The molecule has 184 valence electrons. The van der Waals surface area contributed by atoms with E-state index in [1.165, 1.54) is 6.08 Å². The normalized spacial score (nSPS) is 39.3. The number of aliphatic hydroxyl groups excluding tert-OH is 1. The van der Waals surface area contributed by atoms with E-state index in [0.717, 1.165) is 12.0 Å². The van der Waals surface area contributed by atoms with E-state index in [-0.39, 0.29) is 71.2 Å². The fourth-order valence-electron chi connectivity index (χ4n) is 7.43. The van der Waals surface area contributed by atoms with Gasteiger partial charge in [0.2, 0.25) is 0 Å². The monoisotopic (exact) mass is 512 g/mol. The molecule has 0 spiro atoms. The van der Waals surface area contributed by atoms with E-state index in [4.69, 9.17) is 16.3 Å². The topological polar surface area (TPSA) is 121 Å². The van der Waals surface area contributed by atoms with Crippen molar-refractivity contribution in [3.05, 3.63) is 34.9 Å². The summed E-state index contributed by atoms with van der Waals surface area (Å²) in [7, 11) is 0. The molecule has 4 aliphatic rings. The van der Waals surface area contributed by atoms with Gasteiger partial charge in [0, 0.05) is 28.3 Å². The van der Waals surface area contributed by atoms with Gasteiger partial charge in [-0.05, 0) is 60.2 Å². The molecule has 8 atom stereocenters. The van der Waals surface area contributed by atoms with Gasteiger partial charge in [0.25, 0.3) is 0 Å². The maximum absolute atomic E-state index is 13.2. The summed E-state index contributed by atoms with van der Waals surface area (Å²) in [5, 5.41) is 22.5. The number of Topliss-reactive ketones (excluding diaryl/α,β-unsaturated/α-hetero) is 1. The molecule has 4 rings (SSSR count). The molecule has 0 heterocycles. The summed E-state index contributed by atoms with van der Waals surface area (Å²) in [5.41, 5.74) is -0.369. The van der Waals surface area contributed by atoms with Crippen LogP contribution in [0.1, 0.15) is 46.5 Å². The third kappa shape index (κ3) is 4.87. The van der Waals surface area contributed by atoms with Gasteiger partial charge in [-0.2, -0.15) is 0 Å². The zero-order chi connectivity index (χ0) is 25.0. The quantitative estimate of drug-likeness (QED) is 0.362. The Hall–Kier alpha value is -1.25. The van der Waals surface area contributed by atoms with Gasteiger partial charge >= 0.3 is 35.5 Å². The summed E-state index contributed by atoms with van der Waals surface area (Å²) in [5.74, 6) is -3.01. The molecule has 35 heavy (non-hydrogen) atoms. The van der Waals surface area contributed by atoms with Crippen molar-refractivity contribution in [2.45, 2.75) is 52.6 Å². The van der Waals surface area contributed by atoms with Crippen molar-refractivity contribution in [3.63, 3.8) is 0 Å². The van der Waals surface area contributed by atoms with E-state index in [2.05, 4.69) is 0 Å². The minimum atomic E-state index is -1.35. The molecule has 1 N–H and O–H groups in total. The molecular formula is C26H30ClNaO7. The van der Waals surface area contributed by atoms with Crippen molar-refractivity contribution < 1.29 is 63.7 Å². The van der Waals surface area contributed by atoms with Gasteiger partial charge in [-0.3, -0.25) is 14.4 Å². The first kappa shape index (κ1) is 28.3. The van der Waals surface area contributed by atoms with E-state index in [1.807, 2.05) is 32.9 Å². The number of hydrogen-bond acceptors (Lipinski definition) is 7. The predicted molar refractivity (Wildman–Crippen MR) is 121 cm³/mol. The predicted octanol–water partition coefficient (Wildman–Crippen LogP) is -0.884. The van der Waals surface area contributed by atoms with Crippen LogP contribution in [0, 0.1) is 40.4 Å². The van der Waals surface area contributed by atoms with Gasteiger partial charge in [-0.15, -0.1) is 0 Å². The maximum Gasteiger partial charge on any atom is 1.00 e. The van der Waals surface area contributed by atoms with Gasteiger partial charge in [0.05, 0.1) is 12.5 Å². The van der Waals surface area contributed by atoms with E-state index in [0.29, 0.717) is 11.5 Å². The Morgan fingerprint density at radius 2 is 1.94 bits per heavy atom. The number of esters is 1. The number of aliphatic hydroxyl groups is 1. The summed E-state index contributed by atoms with van der Waals surface area (Å²) < 4.78 is 5.06. The largest absolute Gasteiger partial charge is 1.00 e. The number of fused-ring (bicyclic) bond motifs is 5. The Morgan fingerprint density at radius 3 is 2.60 bits per heavy atom. The molecule has 2 saturated carbocycles. The van der Waals surface area contributed by atoms with Gasteiger partial charge in [0.1, 0.15) is 6.61 Å². The molecule has 2 fully saturated rings. The molecule has 0 unspecified atom stereocenters. The summed E-state index contributed by atoms with van der Waals surface area (Å²) in [6.45, 7) is 5.62. The third-order valence-corrected chi connectivity index (χ3v) is 9.03. The second-order valence-corrected chi connectivity index (χ2v) is 11.2. The van der Waals surface area contributed by atoms with Crippen LogP contribution < -0.4 is 34.7 Å². The number of carboxylic acid groups (broad SMARTS) is 1. The second-order valence-electron chi connectivity index (χ2n) is 10.8.